The highest BCUT2D eigenvalue weighted by atomic mass is 32.2. The SMILES string of the molecule is COc1cc(CC(=S)C[C@H]2CCc3sc(CC(=O)[C@H]4C[C@@H]4F)c(S(=O)(=O)CCC4CC4)c3C2)n(C)n1. The van der Waals surface area contributed by atoms with Crippen LogP contribution in [0.3, 0.4) is 0 Å². The minimum absolute atomic E-state index is 0.0339. The number of fused-ring (bicyclic) bond motifs is 1. The van der Waals surface area contributed by atoms with Gasteiger partial charge in [0, 0.05) is 41.4 Å². The van der Waals surface area contributed by atoms with Crippen LogP contribution in [0, 0.1) is 17.8 Å². The molecule has 0 saturated heterocycles. The fourth-order valence-electron chi connectivity index (χ4n) is 5.29. The van der Waals surface area contributed by atoms with Gasteiger partial charge in [0.25, 0.3) is 0 Å². The van der Waals surface area contributed by atoms with Crippen LogP contribution < -0.4 is 4.74 Å². The van der Waals surface area contributed by atoms with Gasteiger partial charge in [-0.15, -0.1) is 16.4 Å². The molecule has 2 saturated carbocycles. The van der Waals surface area contributed by atoms with Crippen molar-refractivity contribution in [2.75, 3.05) is 12.9 Å². The molecular formula is C26H33FN2O4S3. The standard InChI is InChI=1S/C26H33FN2O4S3/c1-29-17(12-25(28-29)33-2)11-18(34)9-16-5-6-23-20(10-16)26(36(31,32)8-7-15-3-4-15)24(35-23)14-22(30)19-13-21(19)27/h12,15-16,19,21H,3-11,13-14H2,1-2H3/t16-,19+,21+/m1/s1. The van der Waals surface area contributed by atoms with Gasteiger partial charge in [0.2, 0.25) is 5.88 Å². The smallest absolute Gasteiger partial charge is 0.232 e. The van der Waals surface area contributed by atoms with Gasteiger partial charge < -0.3 is 4.74 Å². The molecule has 2 aromatic heterocycles. The van der Waals surface area contributed by atoms with Gasteiger partial charge >= 0.3 is 0 Å². The average Bonchev–Trinajstić information content (AvgIpc) is 3.72. The van der Waals surface area contributed by atoms with Gasteiger partial charge in [0.05, 0.1) is 23.7 Å². The molecule has 0 unspecified atom stereocenters. The molecule has 2 heterocycles. The fourth-order valence-corrected chi connectivity index (χ4v) is 9.35. The second-order valence-electron chi connectivity index (χ2n) is 10.6. The number of carbonyl (C=O) groups excluding carboxylic acids is 1. The molecule has 0 spiro atoms. The summed E-state index contributed by atoms with van der Waals surface area (Å²) in [6.07, 6.45) is 5.86. The van der Waals surface area contributed by atoms with Crippen LogP contribution in [-0.2, 0) is 47.4 Å². The Hall–Kier alpha value is -1.65. The average molecular weight is 553 g/mol. The number of aromatic nitrogens is 2. The van der Waals surface area contributed by atoms with E-state index in [1.54, 1.807) is 11.8 Å². The molecule has 0 amide bonds. The highest BCUT2D eigenvalue weighted by Crippen LogP contribution is 2.43. The van der Waals surface area contributed by atoms with E-state index < -0.39 is 21.9 Å². The predicted molar refractivity (Wildman–Crippen MR) is 142 cm³/mol. The summed E-state index contributed by atoms with van der Waals surface area (Å²) < 4.78 is 47.6. The van der Waals surface area contributed by atoms with Crippen molar-refractivity contribution in [3.05, 3.63) is 27.1 Å². The Morgan fingerprint density at radius 2 is 2.03 bits per heavy atom. The summed E-state index contributed by atoms with van der Waals surface area (Å²) in [6, 6.07) is 1.89. The number of nitrogens with zero attached hydrogens (tertiary/aromatic N) is 2. The monoisotopic (exact) mass is 552 g/mol. The van der Waals surface area contributed by atoms with E-state index in [4.69, 9.17) is 17.0 Å². The lowest BCUT2D eigenvalue weighted by Crippen LogP contribution is -2.20. The number of alkyl halides is 1. The van der Waals surface area contributed by atoms with Crippen LogP contribution >= 0.6 is 23.6 Å². The van der Waals surface area contributed by atoms with E-state index >= 15 is 0 Å². The molecular weight excluding hydrogens is 519 g/mol. The van der Waals surface area contributed by atoms with Crippen LogP contribution in [0.5, 0.6) is 5.88 Å². The van der Waals surface area contributed by atoms with Gasteiger partial charge in [-0.1, -0.05) is 25.1 Å². The number of rotatable bonds is 12. The van der Waals surface area contributed by atoms with Crippen molar-refractivity contribution in [1.82, 2.24) is 9.78 Å². The number of sulfone groups is 1. The van der Waals surface area contributed by atoms with Crippen molar-refractivity contribution in [1.29, 1.82) is 0 Å². The van der Waals surface area contributed by atoms with E-state index in [0.29, 0.717) is 40.8 Å². The van der Waals surface area contributed by atoms with Crippen molar-refractivity contribution in [3.63, 3.8) is 0 Å². The van der Waals surface area contributed by atoms with Crippen molar-refractivity contribution in [3.8, 4) is 5.88 Å². The van der Waals surface area contributed by atoms with E-state index in [9.17, 15) is 17.6 Å². The summed E-state index contributed by atoms with van der Waals surface area (Å²) in [6.45, 7) is 0. The molecule has 6 nitrogen and oxygen atoms in total. The number of aryl methyl sites for hydroxylation is 2. The van der Waals surface area contributed by atoms with Crippen LogP contribution in [0.25, 0.3) is 0 Å². The molecule has 10 heteroatoms. The quantitative estimate of drug-likeness (QED) is 0.357. The Kier molecular flexibility index (Phi) is 7.40. The zero-order valence-electron chi connectivity index (χ0n) is 20.8. The van der Waals surface area contributed by atoms with Crippen LogP contribution in [0.2, 0.25) is 0 Å². The first-order valence-electron chi connectivity index (χ1n) is 12.8. The lowest BCUT2D eigenvalue weighted by molar-refractivity contribution is -0.119. The molecule has 36 heavy (non-hydrogen) atoms. The fraction of sp³-hybridized carbons (Fsp3) is 0.654. The summed E-state index contributed by atoms with van der Waals surface area (Å²) >= 11 is 7.20. The summed E-state index contributed by atoms with van der Waals surface area (Å²) in [4.78, 5) is 15.6. The van der Waals surface area contributed by atoms with Crippen molar-refractivity contribution >= 4 is 44.0 Å². The predicted octanol–water partition coefficient (Wildman–Crippen LogP) is 4.64. The molecule has 0 radical (unpaired) electrons. The van der Waals surface area contributed by atoms with Crippen LogP contribution in [0.4, 0.5) is 4.39 Å². The van der Waals surface area contributed by atoms with Crippen LogP contribution in [-0.4, -0.2) is 47.9 Å². The van der Waals surface area contributed by atoms with Crippen molar-refractivity contribution in [2.24, 2.45) is 24.8 Å². The third-order valence-electron chi connectivity index (χ3n) is 7.70. The number of Topliss-reactive ketones (excluding diaryl/α,β-unsaturated/α-hetero) is 1. The summed E-state index contributed by atoms with van der Waals surface area (Å²) in [5.74, 6) is 0.737. The second-order valence-corrected chi connectivity index (χ2v) is 14.5. The third-order valence-corrected chi connectivity index (χ3v) is 11.3. The highest BCUT2D eigenvalue weighted by Gasteiger charge is 2.44. The summed E-state index contributed by atoms with van der Waals surface area (Å²) in [5, 5.41) is 4.30. The van der Waals surface area contributed by atoms with E-state index in [0.717, 1.165) is 53.1 Å². The molecule has 5 rings (SSSR count). The first-order chi connectivity index (χ1) is 17.1. The van der Waals surface area contributed by atoms with Gasteiger partial charge in [-0.25, -0.2) is 12.8 Å². The molecule has 3 aliphatic carbocycles. The number of carbonyl (C=O) groups is 1. The van der Waals surface area contributed by atoms with Gasteiger partial charge in [-0.3, -0.25) is 9.48 Å². The maximum absolute atomic E-state index is 13.6. The number of thiophene rings is 1. The second kappa shape index (κ2) is 10.3. The molecule has 2 aromatic rings. The first kappa shape index (κ1) is 26.0. The maximum Gasteiger partial charge on any atom is 0.232 e. The Balaban J connectivity index is 1.34. The maximum atomic E-state index is 13.6. The van der Waals surface area contributed by atoms with Crippen LogP contribution in [0.15, 0.2) is 11.0 Å². The number of ether oxygens (including phenoxy) is 1. The molecule has 196 valence electrons. The van der Waals surface area contributed by atoms with Crippen LogP contribution in [0.1, 0.15) is 59.5 Å². The van der Waals surface area contributed by atoms with Crippen molar-refractivity contribution < 1.29 is 22.3 Å². The van der Waals surface area contributed by atoms with E-state index in [2.05, 4.69) is 5.10 Å². The topological polar surface area (TPSA) is 78.3 Å². The highest BCUT2D eigenvalue weighted by molar-refractivity contribution is 7.91. The molecule has 2 fully saturated rings. The number of thiocarbonyl (C=S) groups is 1. The summed E-state index contributed by atoms with van der Waals surface area (Å²) in [5.41, 5.74) is 1.88. The first-order valence-corrected chi connectivity index (χ1v) is 15.6. The third kappa shape index (κ3) is 5.75. The van der Waals surface area contributed by atoms with Gasteiger partial charge in [-0.05, 0) is 60.8 Å². The number of methoxy groups -OCH3 is 1. The summed E-state index contributed by atoms with van der Waals surface area (Å²) in [7, 11) is -0.0537. The number of hydrogen-bond acceptors (Lipinski definition) is 7. The number of hydrogen-bond donors (Lipinski definition) is 0. The lowest BCUT2D eigenvalue weighted by atomic mass is 9.84. The van der Waals surface area contributed by atoms with E-state index in [-0.39, 0.29) is 30.3 Å². The Morgan fingerprint density at radius 1 is 1.28 bits per heavy atom. The Labute approximate surface area is 221 Å². The zero-order valence-corrected chi connectivity index (χ0v) is 23.2. The molecule has 0 aromatic carbocycles. The van der Waals surface area contributed by atoms with Gasteiger partial charge in [0.15, 0.2) is 9.84 Å². The molecule has 3 atom stereocenters. The minimum Gasteiger partial charge on any atom is -0.480 e. The zero-order chi connectivity index (χ0) is 25.6. The molecule has 0 bridgehead atoms. The normalized spacial score (nSPS) is 23.4. The Bertz CT molecular complexity index is 1280. The minimum atomic E-state index is -3.51. The molecule has 0 aliphatic heterocycles. The van der Waals surface area contributed by atoms with Gasteiger partial charge in [-0.2, -0.15) is 0 Å². The lowest BCUT2D eigenvalue weighted by Gasteiger charge is -2.23. The van der Waals surface area contributed by atoms with Crippen molar-refractivity contribution in [2.45, 2.75) is 75.3 Å². The van der Waals surface area contributed by atoms with E-state index in [1.165, 1.54) is 11.3 Å². The molecule has 3 aliphatic rings. The number of ketones is 1. The van der Waals surface area contributed by atoms with Gasteiger partial charge in [0.1, 0.15) is 12.0 Å². The number of halogens is 1. The largest absolute Gasteiger partial charge is 0.480 e. The van der Waals surface area contributed by atoms with E-state index in [1.807, 2.05) is 13.1 Å². The molecule has 0 N–H and O–H groups in total. The Morgan fingerprint density at radius 3 is 2.67 bits per heavy atom.